The van der Waals surface area contributed by atoms with E-state index in [0.29, 0.717) is 0 Å². The molecule has 0 aromatic heterocycles. The fourth-order valence-electron chi connectivity index (χ4n) is 1.66. The molecule has 6 heteroatoms. The molecule has 0 aromatic carbocycles. The van der Waals surface area contributed by atoms with Gasteiger partial charge in [-0.2, -0.15) is 0 Å². The molecule has 3 rings (SSSR count). The van der Waals surface area contributed by atoms with Gasteiger partial charge in [0.05, 0.1) is 12.7 Å². The van der Waals surface area contributed by atoms with Crippen LogP contribution in [0, 0.1) is 0 Å². The van der Waals surface area contributed by atoms with Crippen molar-refractivity contribution in [1.82, 2.24) is 0 Å². The summed E-state index contributed by atoms with van der Waals surface area (Å²) >= 11 is 0. The molecule has 0 radical (unpaired) electrons. The second-order valence-electron chi connectivity index (χ2n) is 3.26. The van der Waals surface area contributed by atoms with Crippen LogP contribution in [0.5, 0.6) is 0 Å². The Kier molecular flexibility index (Phi) is 1.81. The van der Waals surface area contributed by atoms with Crippen molar-refractivity contribution in [1.29, 1.82) is 0 Å². The van der Waals surface area contributed by atoms with Gasteiger partial charge < -0.3 is 24.8 Å². The first-order valence-electron chi connectivity index (χ1n) is 3.97. The smallest absolute Gasteiger partial charge is 0.367 e. The number of carbonyl (C=O) groups excluding carboxylic acids is 1. The molecule has 13 heavy (non-hydrogen) atoms. The minimum atomic E-state index is -2.08. The highest BCUT2D eigenvalue weighted by molar-refractivity contribution is 5.79. The second kappa shape index (κ2) is 2.65. The Balaban J connectivity index is 2.26. The zero-order valence-corrected chi connectivity index (χ0v) is 6.71. The van der Waals surface area contributed by atoms with Crippen molar-refractivity contribution in [2.24, 2.45) is 0 Å². The molecule has 3 fully saturated rings. The van der Waals surface area contributed by atoms with E-state index in [-0.39, 0.29) is 6.42 Å². The van der Waals surface area contributed by atoms with Crippen molar-refractivity contribution in [3.05, 3.63) is 0 Å². The molecule has 3 aliphatic heterocycles. The monoisotopic (exact) mass is 190 g/mol. The van der Waals surface area contributed by atoms with E-state index in [1.165, 1.54) is 0 Å². The number of aliphatic hydroxyl groups is 3. The lowest BCUT2D eigenvalue weighted by molar-refractivity contribution is -0.339. The molecule has 6 nitrogen and oxygen atoms in total. The van der Waals surface area contributed by atoms with Crippen LogP contribution in [0.2, 0.25) is 0 Å². The predicted octanol–water partition coefficient (Wildman–Crippen LogP) is -2.26. The van der Waals surface area contributed by atoms with Crippen molar-refractivity contribution in [2.75, 3.05) is 6.61 Å². The number of hydrogen-bond donors (Lipinski definition) is 3. The van der Waals surface area contributed by atoms with Crippen molar-refractivity contribution >= 4 is 5.97 Å². The van der Waals surface area contributed by atoms with Crippen molar-refractivity contribution < 1.29 is 29.6 Å². The zero-order valence-electron chi connectivity index (χ0n) is 6.71. The molecule has 3 saturated heterocycles. The van der Waals surface area contributed by atoms with Crippen LogP contribution in [0.4, 0.5) is 0 Å². The van der Waals surface area contributed by atoms with Gasteiger partial charge in [-0.05, 0) is 0 Å². The highest BCUT2D eigenvalue weighted by Gasteiger charge is 2.58. The van der Waals surface area contributed by atoms with Gasteiger partial charge in [-0.15, -0.1) is 0 Å². The Bertz CT molecular complexity index is 241. The van der Waals surface area contributed by atoms with Crippen LogP contribution < -0.4 is 0 Å². The third kappa shape index (κ3) is 1.14. The summed E-state index contributed by atoms with van der Waals surface area (Å²) < 4.78 is 9.56. The Labute approximate surface area is 73.7 Å². The maximum Gasteiger partial charge on any atom is 0.367 e. The number of esters is 1. The number of fused-ring (bicyclic) bond motifs is 3. The van der Waals surface area contributed by atoms with Gasteiger partial charge in [-0.1, -0.05) is 0 Å². The van der Waals surface area contributed by atoms with E-state index in [0.717, 1.165) is 0 Å². The average molecular weight is 190 g/mol. The molecule has 74 valence electrons. The van der Waals surface area contributed by atoms with Crippen LogP contribution in [-0.2, 0) is 14.3 Å². The maximum absolute atomic E-state index is 11.0. The fourth-order valence-corrected chi connectivity index (χ4v) is 1.66. The van der Waals surface area contributed by atoms with E-state index in [1.54, 1.807) is 0 Å². The van der Waals surface area contributed by atoms with Crippen LogP contribution in [-0.4, -0.2) is 52.0 Å². The number of rotatable bonds is 1. The Morgan fingerprint density at radius 1 is 1.62 bits per heavy atom. The molecule has 2 bridgehead atoms. The fraction of sp³-hybridized carbons (Fsp3) is 0.857. The average Bonchev–Trinajstić information content (AvgIpc) is 2.07. The number of carbonyl (C=O) groups is 1. The van der Waals surface area contributed by atoms with Crippen LogP contribution in [0.1, 0.15) is 6.42 Å². The van der Waals surface area contributed by atoms with E-state index < -0.39 is 36.7 Å². The van der Waals surface area contributed by atoms with Crippen molar-refractivity contribution in [3.63, 3.8) is 0 Å². The van der Waals surface area contributed by atoms with Crippen LogP contribution in [0.15, 0.2) is 0 Å². The largest absolute Gasteiger partial charge is 0.453 e. The first kappa shape index (κ1) is 8.89. The lowest BCUT2D eigenvalue weighted by Gasteiger charge is -2.47. The maximum atomic E-state index is 11.0. The van der Waals surface area contributed by atoms with Gasteiger partial charge >= 0.3 is 5.97 Å². The van der Waals surface area contributed by atoms with Gasteiger partial charge in [0.15, 0.2) is 6.10 Å². The molecule has 3 heterocycles. The summed E-state index contributed by atoms with van der Waals surface area (Å²) in [6.45, 7) is -0.405. The molecule has 3 N–H and O–H groups in total. The summed E-state index contributed by atoms with van der Waals surface area (Å²) in [5, 5.41) is 27.6. The van der Waals surface area contributed by atoms with E-state index in [2.05, 4.69) is 4.74 Å². The highest BCUT2D eigenvalue weighted by atomic mass is 16.7. The van der Waals surface area contributed by atoms with E-state index in [1.807, 2.05) is 0 Å². The quantitative estimate of drug-likeness (QED) is 0.404. The Hall–Kier alpha value is -0.690. The SMILES string of the molecule is O=C1O[C@@H]2C(O)C[C@@]1(O)OC2CO. The molecule has 3 aliphatic rings. The molecule has 0 aliphatic carbocycles. The molecular weight excluding hydrogens is 180 g/mol. The number of hydrogen-bond acceptors (Lipinski definition) is 6. The lowest BCUT2D eigenvalue weighted by atomic mass is 9.92. The van der Waals surface area contributed by atoms with Gasteiger partial charge in [0.25, 0.3) is 5.79 Å². The Morgan fingerprint density at radius 2 is 2.31 bits per heavy atom. The van der Waals surface area contributed by atoms with Gasteiger partial charge in [0.2, 0.25) is 0 Å². The second-order valence-corrected chi connectivity index (χ2v) is 3.26. The first-order chi connectivity index (χ1) is 6.07. The Morgan fingerprint density at radius 3 is 2.85 bits per heavy atom. The molecule has 0 spiro atoms. The molecule has 0 saturated carbocycles. The third-order valence-electron chi connectivity index (χ3n) is 2.32. The zero-order chi connectivity index (χ0) is 9.64. The molecule has 0 amide bonds. The molecule has 0 aromatic rings. The van der Waals surface area contributed by atoms with Crippen LogP contribution >= 0.6 is 0 Å². The van der Waals surface area contributed by atoms with Crippen LogP contribution in [0.25, 0.3) is 0 Å². The topological polar surface area (TPSA) is 96.2 Å². The van der Waals surface area contributed by atoms with Gasteiger partial charge in [-0.25, -0.2) is 4.79 Å². The standard InChI is InChI=1S/C7H10O6/c8-2-4-5-3(9)1-7(11,13-4)6(10)12-5/h3-5,8-9,11H,1-2H2/t3?,4?,5-,7-/m1/s1. The lowest BCUT2D eigenvalue weighted by Crippen LogP contribution is -2.66. The van der Waals surface area contributed by atoms with Crippen LogP contribution in [0.3, 0.4) is 0 Å². The summed E-state index contributed by atoms with van der Waals surface area (Å²) in [6, 6.07) is 0. The van der Waals surface area contributed by atoms with Gasteiger partial charge in [0.1, 0.15) is 6.10 Å². The minimum Gasteiger partial charge on any atom is -0.453 e. The summed E-state index contributed by atoms with van der Waals surface area (Å²) in [4.78, 5) is 11.0. The number of ether oxygens (including phenoxy) is 2. The third-order valence-corrected chi connectivity index (χ3v) is 2.32. The van der Waals surface area contributed by atoms with Crippen molar-refractivity contribution in [2.45, 2.75) is 30.5 Å². The number of aliphatic hydroxyl groups excluding tert-OH is 2. The summed E-state index contributed by atoms with van der Waals surface area (Å²) in [5.41, 5.74) is 0. The molecule has 2 unspecified atom stereocenters. The predicted molar refractivity (Wildman–Crippen MR) is 37.4 cm³/mol. The molecule has 4 atom stereocenters. The summed E-state index contributed by atoms with van der Waals surface area (Å²) in [7, 11) is 0. The van der Waals surface area contributed by atoms with Gasteiger partial charge in [0, 0.05) is 6.42 Å². The van der Waals surface area contributed by atoms with Gasteiger partial charge in [-0.3, -0.25) is 0 Å². The van der Waals surface area contributed by atoms with Crippen molar-refractivity contribution in [3.8, 4) is 0 Å². The minimum absolute atomic E-state index is 0.201. The molecular formula is C7H10O6. The van der Waals surface area contributed by atoms with E-state index >= 15 is 0 Å². The highest BCUT2D eigenvalue weighted by Crippen LogP contribution is 2.35. The summed E-state index contributed by atoms with van der Waals surface area (Å²) in [6.07, 6.45) is -2.89. The van der Waals surface area contributed by atoms with E-state index in [4.69, 9.17) is 9.84 Å². The normalized spacial score (nSPS) is 49.2. The summed E-state index contributed by atoms with van der Waals surface area (Å²) in [5.74, 6) is -2.98. The first-order valence-corrected chi connectivity index (χ1v) is 3.97. The van der Waals surface area contributed by atoms with E-state index in [9.17, 15) is 15.0 Å².